The minimum absolute atomic E-state index is 0.0163. The monoisotopic (exact) mass is 1030 g/mol. The molecular formula is C63H103NO8P+. The van der Waals surface area contributed by atoms with E-state index in [1.165, 1.54) is 44.9 Å². The molecule has 0 amide bonds. The molecule has 0 rings (SSSR count). The second-order valence-corrected chi connectivity index (χ2v) is 20.7. The summed E-state index contributed by atoms with van der Waals surface area (Å²) >= 11 is 0. The molecule has 0 aliphatic carbocycles. The van der Waals surface area contributed by atoms with Gasteiger partial charge in [-0.2, -0.15) is 0 Å². The maximum absolute atomic E-state index is 12.7. The number of ether oxygens (including phenoxy) is 2. The van der Waals surface area contributed by atoms with Crippen molar-refractivity contribution in [2.75, 3.05) is 47.5 Å². The minimum Gasteiger partial charge on any atom is -0.462 e. The van der Waals surface area contributed by atoms with E-state index in [0.29, 0.717) is 17.4 Å². The predicted octanol–water partition coefficient (Wildman–Crippen LogP) is 17.5. The molecule has 0 saturated heterocycles. The number of likely N-dealkylation sites (N-methyl/N-ethyl adjacent to an activating group) is 1. The summed E-state index contributed by atoms with van der Waals surface area (Å²) in [6.07, 6.45) is 77.9. The van der Waals surface area contributed by atoms with Crippen molar-refractivity contribution in [3.63, 3.8) is 0 Å². The Bertz CT molecular complexity index is 1740. The molecular weight excluding hydrogens is 930 g/mol. The van der Waals surface area contributed by atoms with Crippen LogP contribution in [-0.4, -0.2) is 74.9 Å². The smallest absolute Gasteiger partial charge is 0.462 e. The molecule has 0 spiro atoms. The standard InChI is InChI=1S/C63H102NO8P/c1-6-8-10-12-14-16-18-19-20-21-22-23-24-25-26-27-28-29-30-31-32-33-34-35-36-37-38-39-40-41-42-43-44-45-46-48-50-52-54-56-63(66)72-61(60-71-73(67,68)70-58-57-64(3,4)5)59-69-62(65)55-53-51-49-47-17-15-13-11-9-7-2/h8,10,14,16,19-20,22-23,25-26,28-29,31-32,34-35,37-38,40-41,43-44,46,48,61H,6-7,9,11-13,15,17-18,21,24,27,30,33,36,39,42,45,47,49-60H2,1-5H3/p+1/b10-8-,16-14-,20-19-,23-22-,26-25-,29-28-,32-31-,35-34-,38-37-,41-40-,44-43-,48-46-. The Morgan fingerprint density at radius 2 is 0.781 bits per heavy atom. The third kappa shape index (κ3) is 57.0. The molecule has 0 bridgehead atoms. The van der Waals surface area contributed by atoms with E-state index in [1.54, 1.807) is 0 Å². The molecule has 0 aromatic carbocycles. The predicted molar refractivity (Wildman–Crippen MR) is 311 cm³/mol. The first-order valence-electron chi connectivity index (χ1n) is 28.1. The number of quaternary nitrogens is 1. The molecule has 10 heteroatoms. The van der Waals surface area contributed by atoms with Gasteiger partial charge >= 0.3 is 19.8 Å². The third-order valence-corrected chi connectivity index (χ3v) is 12.1. The van der Waals surface area contributed by atoms with Crippen LogP contribution in [0.5, 0.6) is 0 Å². The van der Waals surface area contributed by atoms with E-state index < -0.39 is 26.5 Å². The Labute approximate surface area is 446 Å². The highest BCUT2D eigenvalue weighted by Gasteiger charge is 2.27. The summed E-state index contributed by atoms with van der Waals surface area (Å²) in [5.74, 6) is -0.862. The molecule has 0 aliphatic heterocycles. The Kier molecular flexibility index (Phi) is 49.8. The number of hydrogen-bond acceptors (Lipinski definition) is 7. The van der Waals surface area contributed by atoms with E-state index in [1.807, 2.05) is 21.1 Å². The molecule has 0 heterocycles. The van der Waals surface area contributed by atoms with Gasteiger partial charge in [0.25, 0.3) is 0 Å². The van der Waals surface area contributed by atoms with Gasteiger partial charge < -0.3 is 18.9 Å². The fourth-order valence-corrected chi connectivity index (χ4v) is 7.56. The van der Waals surface area contributed by atoms with Gasteiger partial charge in [0, 0.05) is 12.8 Å². The van der Waals surface area contributed by atoms with E-state index in [0.717, 1.165) is 109 Å². The van der Waals surface area contributed by atoms with Gasteiger partial charge in [-0.25, -0.2) is 4.57 Å². The first kappa shape index (κ1) is 68.9. The Hall–Kier alpha value is -4.11. The number of nitrogens with zero attached hydrogens (tertiary/aromatic N) is 1. The number of rotatable bonds is 49. The van der Waals surface area contributed by atoms with Gasteiger partial charge in [0.05, 0.1) is 27.7 Å². The van der Waals surface area contributed by atoms with Crippen molar-refractivity contribution in [3.8, 4) is 0 Å². The second-order valence-electron chi connectivity index (χ2n) is 19.2. The largest absolute Gasteiger partial charge is 0.472 e. The highest BCUT2D eigenvalue weighted by Crippen LogP contribution is 2.43. The third-order valence-electron chi connectivity index (χ3n) is 11.1. The van der Waals surface area contributed by atoms with E-state index in [2.05, 4.69) is 160 Å². The maximum atomic E-state index is 12.7. The van der Waals surface area contributed by atoms with Crippen LogP contribution in [0.25, 0.3) is 0 Å². The van der Waals surface area contributed by atoms with Gasteiger partial charge in [0.15, 0.2) is 6.10 Å². The van der Waals surface area contributed by atoms with Crippen LogP contribution in [0.1, 0.15) is 187 Å². The zero-order valence-corrected chi connectivity index (χ0v) is 47.4. The van der Waals surface area contributed by atoms with Gasteiger partial charge in [-0.15, -0.1) is 0 Å². The number of phosphoric ester groups is 1. The normalized spacial score (nSPS) is 14.4. The van der Waals surface area contributed by atoms with Crippen LogP contribution in [0, 0.1) is 0 Å². The summed E-state index contributed by atoms with van der Waals surface area (Å²) in [5, 5.41) is 0. The lowest BCUT2D eigenvalue weighted by Gasteiger charge is -2.24. The molecule has 1 N–H and O–H groups in total. The SMILES string of the molecule is CC/C=C\C/C=C\C/C=C\C/C=C\C/C=C\C/C=C\C/C=C\C/C=C\C/C=C\C/C=C\C/C=C\C/C=C\CCCCC(=O)OC(COC(=O)CCCCCCCCCCCC)COP(=O)(O)OCC[N+](C)(C)C. The van der Waals surface area contributed by atoms with Gasteiger partial charge in [0.1, 0.15) is 19.8 Å². The highest BCUT2D eigenvalue weighted by atomic mass is 31.2. The summed E-state index contributed by atoms with van der Waals surface area (Å²) in [7, 11) is 1.43. The average Bonchev–Trinajstić information content (AvgIpc) is 3.35. The van der Waals surface area contributed by atoms with Crippen LogP contribution in [0.3, 0.4) is 0 Å². The van der Waals surface area contributed by atoms with Crippen LogP contribution in [0.4, 0.5) is 0 Å². The first-order chi connectivity index (χ1) is 35.5. The quantitative estimate of drug-likeness (QED) is 0.0211. The van der Waals surface area contributed by atoms with E-state index in [-0.39, 0.29) is 32.0 Å². The minimum atomic E-state index is -4.40. The lowest BCUT2D eigenvalue weighted by Crippen LogP contribution is -2.37. The van der Waals surface area contributed by atoms with Crippen LogP contribution in [0.15, 0.2) is 146 Å². The van der Waals surface area contributed by atoms with Gasteiger partial charge in [-0.05, 0) is 103 Å². The number of hydrogen-bond donors (Lipinski definition) is 1. The Balaban J connectivity index is 4.21. The average molecular weight is 1030 g/mol. The van der Waals surface area contributed by atoms with Crippen molar-refractivity contribution in [1.82, 2.24) is 0 Å². The summed E-state index contributed by atoms with van der Waals surface area (Å²) < 4.78 is 34.3. The number of carbonyl (C=O) groups is 2. The van der Waals surface area contributed by atoms with E-state index in [4.69, 9.17) is 18.5 Å². The van der Waals surface area contributed by atoms with Crippen LogP contribution in [-0.2, 0) is 32.7 Å². The number of esters is 2. The lowest BCUT2D eigenvalue weighted by atomic mass is 10.1. The lowest BCUT2D eigenvalue weighted by molar-refractivity contribution is -0.870. The molecule has 0 fully saturated rings. The van der Waals surface area contributed by atoms with Crippen LogP contribution >= 0.6 is 7.82 Å². The molecule has 0 aromatic rings. The van der Waals surface area contributed by atoms with Crippen molar-refractivity contribution in [1.29, 1.82) is 0 Å². The van der Waals surface area contributed by atoms with E-state index >= 15 is 0 Å². The first-order valence-corrected chi connectivity index (χ1v) is 29.6. The Morgan fingerprint density at radius 3 is 1.16 bits per heavy atom. The summed E-state index contributed by atoms with van der Waals surface area (Å²) in [6.45, 7) is 4.22. The molecule has 0 aliphatic rings. The molecule has 9 nitrogen and oxygen atoms in total. The van der Waals surface area contributed by atoms with Crippen LogP contribution in [0.2, 0.25) is 0 Å². The van der Waals surface area contributed by atoms with Crippen molar-refractivity contribution in [2.45, 2.75) is 193 Å². The molecule has 0 aromatic heterocycles. The highest BCUT2D eigenvalue weighted by molar-refractivity contribution is 7.47. The number of allylic oxidation sites excluding steroid dienone is 24. The molecule has 2 unspecified atom stereocenters. The Morgan fingerprint density at radius 1 is 0.438 bits per heavy atom. The van der Waals surface area contributed by atoms with E-state index in [9.17, 15) is 19.0 Å². The van der Waals surface area contributed by atoms with Crippen molar-refractivity contribution >= 4 is 19.8 Å². The fraction of sp³-hybridized carbons (Fsp3) is 0.587. The fourth-order valence-electron chi connectivity index (χ4n) is 6.82. The zero-order valence-electron chi connectivity index (χ0n) is 46.6. The summed E-state index contributed by atoms with van der Waals surface area (Å²) in [4.78, 5) is 35.4. The van der Waals surface area contributed by atoms with Crippen molar-refractivity contribution < 1.29 is 42.1 Å². The summed E-state index contributed by atoms with van der Waals surface area (Å²) in [5.41, 5.74) is 0. The number of carbonyl (C=O) groups excluding carboxylic acids is 2. The topological polar surface area (TPSA) is 108 Å². The molecule has 0 saturated carbocycles. The molecule has 412 valence electrons. The van der Waals surface area contributed by atoms with Gasteiger partial charge in [0.2, 0.25) is 0 Å². The number of phosphoric acid groups is 1. The van der Waals surface area contributed by atoms with Gasteiger partial charge in [-0.1, -0.05) is 217 Å². The zero-order chi connectivity index (χ0) is 53.5. The molecule has 73 heavy (non-hydrogen) atoms. The number of unbranched alkanes of at least 4 members (excludes halogenated alkanes) is 11. The molecule has 0 radical (unpaired) electrons. The van der Waals surface area contributed by atoms with Crippen molar-refractivity contribution in [3.05, 3.63) is 146 Å². The van der Waals surface area contributed by atoms with Crippen LogP contribution < -0.4 is 0 Å². The summed E-state index contributed by atoms with van der Waals surface area (Å²) in [6, 6.07) is 0. The maximum Gasteiger partial charge on any atom is 0.472 e. The van der Waals surface area contributed by atoms with Crippen molar-refractivity contribution in [2.24, 2.45) is 0 Å². The van der Waals surface area contributed by atoms with Gasteiger partial charge in [-0.3, -0.25) is 18.6 Å². The molecule has 2 atom stereocenters. The second kappa shape index (κ2) is 52.7.